The lowest BCUT2D eigenvalue weighted by molar-refractivity contribution is -0.143. The zero-order chi connectivity index (χ0) is 16.7. The van der Waals surface area contributed by atoms with Crippen LogP contribution in [-0.4, -0.2) is 30.6 Å². The average molecular weight is 317 g/mol. The van der Waals surface area contributed by atoms with Crippen LogP contribution in [-0.2, 0) is 9.59 Å². The van der Waals surface area contributed by atoms with Gasteiger partial charge >= 0.3 is 5.97 Å². The second-order valence-corrected chi connectivity index (χ2v) is 5.91. The van der Waals surface area contributed by atoms with E-state index < -0.39 is 5.97 Å². The lowest BCUT2D eigenvalue weighted by Gasteiger charge is -2.25. The third-order valence-electron chi connectivity index (χ3n) is 4.30. The van der Waals surface area contributed by atoms with Crippen molar-refractivity contribution in [3.05, 3.63) is 35.9 Å². The number of nitrogens with one attached hydrogen (secondary N) is 1. The van der Waals surface area contributed by atoms with Gasteiger partial charge < -0.3 is 15.2 Å². The zero-order valence-corrected chi connectivity index (χ0v) is 13.3. The number of methoxy groups -OCH3 is 1. The van der Waals surface area contributed by atoms with Crippen LogP contribution in [0.3, 0.4) is 0 Å². The van der Waals surface area contributed by atoms with E-state index >= 15 is 0 Å². The number of ether oxygens (including phenoxy) is 1. The SMILES string of the molecule is COc1ccc(C=CC(=O)NCC2CCC(C(=O)O)CC2)cc1. The van der Waals surface area contributed by atoms with Gasteiger partial charge in [0.1, 0.15) is 5.75 Å². The first kappa shape index (κ1) is 17.1. The first-order chi connectivity index (χ1) is 11.1. The molecule has 1 saturated carbocycles. The molecule has 0 bridgehead atoms. The Morgan fingerprint density at radius 1 is 1.22 bits per heavy atom. The van der Waals surface area contributed by atoms with E-state index in [1.165, 1.54) is 6.08 Å². The summed E-state index contributed by atoms with van der Waals surface area (Å²) in [6.07, 6.45) is 6.41. The highest BCUT2D eigenvalue weighted by atomic mass is 16.5. The molecule has 1 aromatic carbocycles. The molecule has 2 N–H and O–H groups in total. The minimum Gasteiger partial charge on any atom is -0.497 e. The topological polar surface area (TPSA) is 75.6 Å². The summed E-state index contributed by atoms with van der Waals surface area (Å²) in [6, 6.07) is 7.46. The summed E-state index contributed by atoms with van der Waals surface area (Å²) < 4.78 is 5.08. The zero-order valence-electron chi connectivity index (χ0n) is 13.3. The first-order valence-electron chi connectivity index (χ1n) is 7.91. The van der Waals surface area contributed by atoms with Gasteiger partial charge in [-0.05, 0) is 55.4 Å². The second kappa shape index (κ2) is 8.36. The van der Waals surface area contributed by atoms with E-state index in [4.69, 9.17) is 9.84 Å². The molecule has 1 amide bonds. The van der Waals surface area contributed by atoms with Crippen molar-refractivity contribution in [2.24, 2.45) is 11.8 Å². The minimum atomic E-state index is -0.699. The van der Waals surface area contributed by atoms with E-state index in [2.05, 4.69) is 5.32 Å². The predicted molar refractivity (Wildman–Crippen MR) is 88.1 cm³/mol. The Kier molecular flexibility index (Phi) is 6.20. The van der Waals surface area contributed by atoms with Crippen molar-refractivity contribution in [2.75, 3.05) is 13.7 Å². The minimum absolute atomic E-state index is 0.124. The molecule has 2 rings (SSSR count). The molecule has 0 radical (unpaired) electrons. The van der Waals surface area contributed by atoms with E-state index in [1.807, 2.05) is 24.3 Å². The Hall–Kier alpha value is -2.30. The van der Waals surface area contributed by atoms with Gasteiger partial charge in [-0.1, -0.05) is 12.1 Å². The molecule has 1 aliphatic carbocycles. The maximum Gasteiger partial charge on any atom is 0.306 e. The highest BCUT2D eigenvalue weighted by Crippen LogP contribution is 2.28. The van der Waals surface area contributed by atoms with Crippen LogP contribution < -0.4 is 10.1 Å². The quantitative estimate of drug-likeness (QED) is 0.791. The van der Waals surface area contributed by atoms with Crippen molar-refractivity contribution < 1.29 is 19.4 Å². The Bertz CT molecular complexity index is 557. The number of hydrogen-bond acceptors (Lipinski definition) is 3. The van der Waals surface area contributed by atoms with Crippen LogP contribution in [0.15, 0.2) is 30.3 Å². The highest BCUT2D eigenvalue weighted by molar-refractivity contribution is 5.91. The maximum atomic E-state index is 11.8. The third kappa shape index (κ3) is 5.43. The van der Waals surface area contributed by atoms with Crippen molar-refractivity contribution in [2.45, 2.75) is 25.7 Å². The van der Waals surface area contributed by atoms with Crippen LogP contribution in [0.25, 0.3) is 6.08 Å². The third-order valence-corrected chi connectivity index (χ3v) is 4.30. The van der Waals surface area contributed by atoms with Gasteiger partial charge in [0, 0.05) is 12.6 Å². The van der Waals surface area contributed by atoms with Crippen LogP contribution in [0, 0.1) is 11.8 Å². The fraction of sp³-hybridized carbons (Fsp3) is 0.444. The van der Waals surface area contributed by atoms with Crippen LogP contribution in [0.2, 0.25) is 0 Å². The number of rotatable bonds is 6. The fourth-order valence-electron chi connectivity index (χ4n) is 2.80. The van der Waals surface area contributed by atoms with Crippen molar-refractivity contribution in [3.8, 4) is 5.75 Å². The van der Waals surface area contributed by atoms with Crippen molar-refractivity contribution in [3.63, 3.8) is 0 Å². The van der Waals surface area contributed by atoms with E-state index in [-0.39, 0.29) is 11.8 Å². The smallest absolute Gasteiger partial charge is 0.306 e. The van der Waals surface area contributed by atoms with Crippen molar-refractivity contribution >= 4 is 18.0 Å². The van der Waals surface area contributed by atoms with Gasteiger partial charge in [0.05, 0.1) is 13.0 Å². The number of benzene rings is 1. The molecule has 124 valence electrons. The lowest BCUT2D eigenvalue weighted by Crippen LogP contribution is -2.31. The Balaban J connectivity index is 1.72. The molecule has 0 unspecified atom stereocenters. The molecule has 0 spiro atoms. The summed E-state index contributed by atoms with van der Waals surface area (Å²) in [5.74, 6) is 0.125. The van der Waals surface area contributed by atoms with Gasteiger partial charge in [-0.25, -0.2) is 0 Å². The molecule has 0 aromatic heterocycles. The monoisotopic (exact) mass is 317 g/mol. The standard InChI is InChI=1S/C18H23NO4/c1-23-16-9-4-13(5-10-16)6-11-17(20)19-12-14-2-7-15(8-3-14)18(21)22/h4-6,9-11,14-15H,2-3,7-8,12H2,1H3,(H,19,20)(H,21,22). The molecule has 1 aromatic rings. The molecular formula is C18H23NO4. The van der Waals surface area contributed by atoms with E-state index in [1.54, 1.807) is 13.2 Å². The van der Waals surface area contributed by atoms with E-state index in [0.29, 0.717) is 25.3 Å². The molecule has 1 aliphatic rings. The molecule has 23 heavy (non-hydrogen) atoms. The summed E-state index contributed by atoms with van der Waals surface area (Å²) in [5, 5.41) is 11.9. The van der Waals surface area contributed by atoms with Crippen LogP contribution >= 0.6 is 0 Å². The predicted octanol–water partition coefficient (Wildman–Crippen LogP) is 2.72. The number of carbonyl (C=O) groups excluding carboxylic acids is 1. The number of carbonyl (C=O) groups is 2. The fourth-order valence-corrected chi connectivity index (χ4v) is 2.80. The van der Waals surface area contributed by atoms with Crippen LogP contribution in [0.1, 0.15) is 31.2 Å². The van der Waals surface area contributed by atoms with E-state index in [9.17, 15) is 9.59 Å². The van der Waals surface area contributed by atoms with Gasteiger partial charge in [0.2, 0.25) is 5.91 Å². The number of aliphatic carboxylic acids is 1. The average Bonchev–Trinajstić information content (AvgIpc) is 2.59. The molecule has 1 fully saturated rings. The summed E-state index contributed by atoms with van der Waals surface area (Å²) in [5.41, 5.74) is 0.933. The van der Waals surface area contributed by atoms with Gasteiger partial charge in [0.25, 0.3) is 0 Å². The van der Waals surface area contributed by atoms with Gasteiger partial charge in [-0.15, -0.1) is 0 Å². The summed E-state index contributed by atoms with van der Waals surface area (Å²) in [6.45, 7) is 0.609. The molecule has 0 heterocycles. The molecular weight excluding hydrogens is 294 g/mol. The Morgan fingerprint density at radius 3 is 2.43 bits per heavy atom. The molecule has 0 saturated heterocycles. The molecule has 5 nitrogen and oxygen atoms in total. The second-order valence-electron chi connectivity index (χ2n) is 5.91. The summed E-state index contributed by atoms with van der Waals surface area (Å²) >= 11 is 0. The summed E-state index contributed by atoms with van der Waals surface area (Å²) in [7, 11) is 1.61. The molecule has 0 aliphatic heterocycles. The Labute approximate surface area is 136 Å². The van der Waals surface area contributed by atoms with Crippen molar-refractivity contribution in [1.82, 2.24) is 5.32 Å². The highest BCUT2D eigenvalue weighted by Gasteiger charge is 2.25. The lowest BCUT2D eigenvalue weighted by atomic mass is 9.82. The number of amides is 1. The van der Waals surface area contributed by atoms with Gasteiger partial charge in [0.15, 0.2) is 0 Å². The summed E-state index contributed by atoms with van der Waals surface area (Å²) in [4.78, 5) is 22.7. The Morgan fingerprint density at radius 2 is 1.87 bits per heavy atom. The van der Waals surface area contributed by atoms with Crippen LogP contribution in [0.4, 0.5) is 0 Å². The molecule has 0 atom stereocenters. The number of hydrogen-bond donors (Lipinski definition) is 2. The molecule has 5 heteroatoms. The van der Waals surface area contributed by atoms with Crippen LogP contribution in [0.5, 0.6) is 5.75 Å². The first-order valence-corrected chi connectivity index (χ1v) is 7.91. The van der Waals surface area contributed by atoms with Crippen molar-refractivity contribution in [1.29, 1.82) is 0 Å². The van der Waals surface area contributed by atoms with E-state index in [0.717, 1.165) is 24.2 Å². The number of carboxylic acid groups (broad SMARTS) is 1. The van der Waals surface area contributed by atoms with Gasteiger partial charge in [-0.3, -0.25) is 9.59 Å². The maximum absolute atomic E-state index is 11.8. The normalized spacial score (nSPS) is 21.1. The largest absolute Gasteiger partial charge is 0.497 e. The van der Waals surface area contributed by atoms with Gasteiger partial charge in [-0.2, -0.15) is 0 Å². The number of carboxylic acids is 1.